The van der Waals surface area contributed by atoms with E-state index >= 15 is 0 Å². The van der Waals surface area contributed by atoms with Crippen molar-refractivity contribution in [2.45, 2.75) is 32.2 Å². The normalized spacial score (nSPS) is 25.9. The topological polar surface area (TPSA) is 50.6 Å². The molecule has 0 radical (unpaired) electrons. The zero-order chi connectivity index (χ0) is 16.2. The summed E-state index contributed by atoms with van der Waals surface area (Å²) in [4.78, 5) is 21.5. The number of hydrogen-bond donors (Lipinski definition) is 0. The summed E-state index contributed by atoms with van der Waals surface area (Å²) in [5, 5.41) is 0. The number of likely N-dealkylation sites (N-methyl/N-ethyl adjacent to an activating group) is 1. The van der Waals surface area contributed by atoms with Crippen LogP contribution in [0.15, 0.2) is 12.4 Å². The molecule has 2 aliphatic rings. The number of nitrogens with zero attached hydrogens (tertiary/aromatic N) is 4. The second-order valence-corrected chi connectivity index (χ2v) is 6.65. The van der Waals surface area contributed by atoms with Crippen molar-refractivity contribution < 1.29 is 9.53 Å². The molecule has 3 rings (SSSR count). The summed E-state index contributed by atoms with van der Waals surface area (Å²) in [5.41, 5.74) is 0. The standard InChI is InChI=1S/C17H28N4O2/c1-3-20-9-10-21(12-15(20)17-18-7-8-19(17)2)16(22)5-4-14-6-11-23-13-14/h7-8,14-15H,3-6,9-13H2,1-2H3/t14-,15+/m1/s1. The van der Waals surface area contributed by atoms with Crippen LogP contribution in [-0.2, 0) is 16.6 Å². The second kappa shape index (κ2) is 7.45. The molecule has 23 heavy (non-hydrogen) atoms. The first kappa shape index (κ1) is 16.5. The van der Waals surface area contributed by atoms with E-state index in [0.29, 0.717) is 12.3 Å². The highest BCUT2D eigenvalue weighted by molar-refractivity contribution is 5.76. The van der Waals surface area contributed by atoms with Crippen LogP contribution in [0.25, 0.3) is 0 Å². The van der Waals surface area contributed by atoms with E-state index in [1.54, 1.807) is 0 Å². The van der Waals surface area contributed by atoms with E-state index in [9.17, 15) is 4.79 Å². The quantitative estimate of drug-likeness (QED) is 0.824. The van der Waals surface area contributed by atoms with Crippen molar-refractivity contribution in [1.82, 2.24) is 19.4 Å². The van der Waals surface area contributed by atoms with Crippen LogP contribution in [-0.4, -0.2) is 64.7 Å². The molecule has 0 saturated carbocycles. The van der Waals surface area contributed by atoms with Gasteiger partial charge < -0.3 is 14.2 Å². The van der Waals surface area contributed by atoms with Crippen molar-refractivity contribution in [1.29, 1.82) is 0 Å². The molecule has 0 N–H and O–H groups in total. The van der Waals surface area contributed by atoms with E-state index in [1.807, 2.05) is 24.3 Å². The SMILES string of the molecule is CCN1CCN(C(=O)CC[C@@H]2CCOC2)C[C@H]1c1nccn1C. The first-order chi connectivity index (χ1) is 11.2. The predicted molar refractivity (Wildman–Crippen MR) is 87.9 cm³/mol. The molecule has 3 heterocycles. The maximum atomic E-state index is 12.6. The van der Waals surface area contributed by atoms with Gasteiger partial charge in [-0.3, -0.25) is 9.69 Å². The van der Waals surface area contributed by atoms with Crippen molar-refractivity contribution in [2.75, 3.05) is 39.4 Å². The van der Waals surface area contributed by atoms with Crippen LogP contribution in [0.5, 0.6) is 0 Å². The van der Waals surface area contributed by atoms with Gasteiger partial charge in [-0.25, -0.2) is 4.98 Å². The number of ether oxygens (including phenoxy) is 1. The molecular formula is C17H28N4O2. The lowest BCUT2D eigenvalue weighted by atomic mass is 10.0. The fourth-order valence-corrected chi connectivity index (χ4v) is 3.67. The Hall–Kier alpha value is -1.40. The molecule has 0 spiro atoms. The molecule has 2 saturated heterocycles. The highest BCUT2D eigenvalue weighted by Crippen LogP contribution is 2.25. The number of hydrogen-bond acceptors (Lipinski definition) is 4. The summed E-state index contributed by atoms with van der Waals surface area (Å²) in [6.45, 7) is 7.34. The van der Waals surface area contributed by atoms with E-state index in [1.165, 1.54) is 0 Å². The number of carbonyl (C=O) groups excluding carboxylic acids is 1. The average molecular weight is 320 g/mol. The number of aryl methyl sites for hydroxylation is 1. The van der Waals surface area contributed by atoms with Crippen LogP contribution < -0.4 is 0 Å². The van der Waals surface area contributed by atoms with Gasteiger partial charge in [0.1, 0.15) is 5.82 Å². The number of piperazine rings is 1. The maximum Gasteiger partial charge on any atom is 0.222 e. The van der Waals surface area contributed by atoms with E-state index in [-0.39, 0.29) is 11.9 Å². The van der Waals surface area contributed by atoms with Crippen LogP contribution in [0.3, 0.4) is 0 Å². The summed E-state index contributed by atoms with van der Waals surface area (Å²) in [6, 6.07) is 0.201. The lowest BCUT2D eigenvalue weighted by Crippen LogP contribution is -2.50. The Labute approximate surface area is 138 Å². The van der Waals surface area contributed by atoms with Gasteiger partial charge >= 0.3 is 0 Å². The maximum absolute atomic E-state index is 12.6. The summed E-state index contributed by atoms with van der Waals surface area (Å²) < 4.78 is 7.47. The van der Waals surface area contributed by atoms with Gasteiger partial charge in [0.05, 0.1) is 6.04 Å². The number of imidazole rings is 1. The average Bonchev–Trinajstić information content (AvgIpc) is 3.23. The van der Waals surface area contributed by atoms with Gasteiger partial charge in [0.2, 0.25) is 5.91 Å². The molecule has 2 atom stereocenters. The molecule has 0 aromatic carbocycles. The van der Waals surface area contributed by atoms with Gasteiger partial charge in [0.25, 0.3) is 0 Å². The molecule has 2 aliphatic heterocycles. The Morgan fingerprint density at radius 3 is 2.96 bits per heavy atom. The van der Waals surface area contributed by atoms with Crippen LogP contribution in [0.2, 0.25) is 0 Å². The fourth-order valence-electron chi connectivity index (χ4n) is 3.67. The zero-order valence-electron chi connectivity index (χ0n) is 14.3. The van der Waals surface area contributed by atoms with E-state index < -0.39 is 0 Å². The third-order valence-corrected chi connectivity index (χ3v) is 5.20. The molecule has 0 aliphatic carbocycles. The first-order valence-corrected chi connectivity index (χ1v) is 8.75. The van der Waals surface area contributed by atoms with Crippen molar-refractivity contribution in [3.63, 3.8) is 0 Å². The third kappa shape index (κ3) is 3.75. The monoisotopic (exact) mass is 320 g/mol. The Kier molecular flexibility index (Phi) is 5.33. The lowest BCUT2D eigenvalue weighted by molar-refractivity contribution is -0.134. The van der Waals surface area contributed by atoms with Crippen molar-refractivity contribution in [3.05, 3.63) is 18.2 Å². The molecule has 1 amide bonds. The summed E-state index contributed by atoms with van der Waals surface area (Å²) in [5.74, 6) is 1.90. The molecule has 0 unspecified atom stereocenters. The van der Waals surface area contributed by atoms with E-state index in [2.05, 4.69) is 21.4 Å². The van der Waals surface area contributed by atoms with E-state index in [4.69, 9.17) is 4.74 Å². The minimum atomic E-state index is 0.201. The Morgan fingerprint density at radius 1 is 1.43 bits per heavy atom. The second-order valence-electron chi connectivity index (χ2n) is 6.65. The highest BCUT2D eigenvalue weighted by Gasteiger charge is 2.32. The Balaban J connectivity index is 1.60. The Morgan fingerprint density at radius 2 is 2.30 bits per heavy atom. The summed E-state index contributed by atoms with van der Waals surface area (Å²) >= 11 is 0. The van der Waals surface area contributed by atoms with Crippen molar-refractivity contribution in [2.24, 2.45) is 13.0 Å². The predicted octanol–water partition coefficient (Wildman–Crippen LogP) is 1.44. The zero-order valence-corrected chi connectivity index (χ0v) is 14.3. The van der Waals surface area contributed by atoms with Gasteiger partial charge in [0, 0.05) is 58.7 Å². The summed E-state index contributed by atoms with van der Waals surface area (Å²) in [6.07, 6.45) is 6.52. The number of carbonyl (C=O) groups is 1. The van der Waals surface area contributed by atoms with Gasteiger partial charge in [-0.15, -0.1) is 0 Å². The van der Waals surface area contributed by atoms with Crippen LogP contribution in [0.4, 0.5) is 0 Å². The molecule has 0 bridgehead atoms. The van der Waals surface area contributed by atoms with Gasteiger partial charge in [-0.1, -0.05) is 6.92 Å². The third-order valence-electron chi connectivity index (χ3n) is 5.20. The van der Waals surface area contributed by atoms with Crippen molar-refractivity contribution in [3.8, 4) is 0 Å². The molecule has 2 fully saturated rings. The van der Waals surface area contributed by atoms with E-state index in [0.717, 1.165) is 58.1 Å². The molecular weight excluding hydrogens is 292 g/mol. The van der Waals surface area contributed by atoms with Crippen LogP contribution in [0.1, 0.15) is 38.1 Å². The first-order valence-electron chi connectivity index (χ1n) is 8.75. The van der Waals surface area contributed by atoms with Gasteiger partial charge in [-0.2, -0.15) is 0 Å². The van der Waals surface area contributed by atoms with Crippen LogP contribution >= 0.6 is 0 Å². The largest absolute Gasteiger partial charge is 0.381 e. The molecule has 1 aromatic heterocycles. The minimum absolute atomic E-state index is 0.201. The Bertz CT molecular complexity index is 524. The smallest absolute Gasteiger partial charge is 0.222 e. The van der Waals surface area contributed by atoms with Crippen LogP contribution in [0, 0.1) is 5.92 Å². The van der Waals surface area contributed by atoms with Gasteiger partial charge in [0.15, 0.2) is 0 Å². The lowest BCUT2D eigenvalue weighted by Gasteiger charge is -2.40. The molecule has 6 heteroatoms. The summed E-state index contributed by atoms with van der Waals surface area (Å²) in [7, 11) is 2.02. The molecule has 6 nitrogen and oxygen atoms in total. The van der Waals surface area contributed by atoms with Gasteiger partial charge in [-0.05, 0) is 25.3 Å². The molecule has 1 aromatic rings. The molecule has 128 valence electrons. The number of amides is 1. The number of aromatic nitrogens is 2. The number of rotatable bonds is 5. The minimum Gasteiger partial charge on any atom is -0.381 e. The van der Waals surface area contributed by atoms with Crippen molar-refractivity contribution >= 4 is 5.91 Å². The fraction of sp³-hybridized carbons (Fsp3) is 0.765. The highest BCUT2D eigenvalue weighted by atomic mass is 16.5.